The molecule has 1 fully saturated rings. The third kappa shape index (κ3) is 4.90. The molecule has 1 aromatic rings. The minimum absolute atomic E-state index is 0.0893. The zero-order valence-electron chi connectivity index (χ0n) is 14.2. The molecule has 1 saturated heterocycles. The van der Waals surface area contributed by atoms with E-state index in [1.807, 2.05) is 0 Å². The quantitative estimate of drug-likeness (QED) is 0.444. The molecule has 0 amide bonds. The van der Waals surface area contributed by atoms with E-state index in [1.54, 1.807) is 0 Å². The zero-order valence-corrected chi connectivity index (χ0v) is 14.2. The average Bonchev–Trinajstić information content (AvgIpc) is 2.60. The molecule has 10 nitrogen and oxygen atoms in total. The number of nitro benzene ring substituents is 1. The van der Waals surface area contributed by atoms with Crippen LogP contribution in [0, 0.1) is 10.1 Å². The van der Waals surface area contributed by atoms with Gasteiger partial charge in [0.25, 0.3) is 0 Å². The van der Waals surface area contributed by atoms with Crippen molar-refractivity contribution in [1.82, 2.24) is 0 Å². The van der Waals surface area contributed by atoms with E-state index in [0.717, 1.165) is 0 Å². The van der Waals surface area contributed by atoms with Crippen molar-refractivity contribution in [1.29, 1.82) is 0 Å². The van der Waals surface area contributed by atoms with Crippen LogP contribution in [-0.2, 0) is 30.4 Å². The standard InChI is InChI=1S/C16H19NO9/c1-9(19)24-11-6-14(16(20)23-2)26-15(7-11)25-13-4-3-10(8-18)5-12(13)17(21)22/h3-5,11,14-15,18H,6-8H2,1-2H3/t11?,14-,15+/m0/s1. The van der Waals surface area contributed by atoms with Gasteiger partial charge in [-0.1, -0.05) is 6.07 Å². The maximum Gasteiger partial charge on any atom is 0.335 e. The van der Waals surface area contributed by atoms with Crippen LogP contribution < -0.4 is 4.74 Å². The highest BCUT2D eigenvalue weighted by Gasteiger charge is 2.37. The summed E-state index contributed by atoms with van der Waals surface area (Å²) in [5.74, 6) is -1.29. The van der Waals surface area contributed by atoms with Gasteiger partial charge >= 0.3 is 17.6 Å². The molecule has 0 saturated carbocycles. The van der Waals surface area contributed by atoms with Crippen molar-refractivity contribution < 1.29 is 38.6 Å². The van der Waals surface area contributed by atoms with Crippen LogP contribution in [0.4, 0.5) is 5.69 Å². The van der Waals surface area contributed by atoms with Gasteiger partial charge in [0.1, 0.15) is 6.10 Å². The van der Waals surface area contributed by atoms with Crippen molar-refractivity contribution in [2.24, 2.45) is 0 Å². The highest BCUT2D eigenvalue weighted by atomic mass is 16.7. The first kappa shape index (κ1) is 19.6. The summed E-state index contributed by atoms with van der Waals surface area (Å²) in [5.41, 5.74) is -0.0109. The topological polar surface area (TPSA) is 134 Å². The predicted molar refractivity (Wildman–Crippen MR) is 85.1 cm³/mol. The van der Waals surface area contributed by atoms with Gasteiger partial charge in [-0.25, -0.2) is 4.79 Å². The molecule has 1 aromatic carbocycles. The van der Waals surface area contributed by atoms with Gasteiger partial charge in [-0.05, 0) is 11.6 Å². The summed E-state index contributed by atoms with van der Waals surface area (Å²) in [7, 11) is 1.19. The Morgan fingerprint density at radius 1 is 1.38 bits per heavy atom. The number of hydrogen-bond acceptors (Lipinski definition) is 9. The average molecular weight is 369 g/mol. The van der Waals surface area contributed by atoms with E-state index in [9.17, 15) is 19.7 Å². The molecule has 2 rings (SSSR count). The van der Waals surface area contributed by atoms with Gasteiger partial charge < -0.3 is 24.1 Å². The minimum atomic E-state index is -1.06. The number of esters is 2. The van der Waals surface area contributed by atoms with Crippen LogP contribution in [-0.4, -0.2) is 47.6 Å². The molecule has 0 aliphatic carbocycles. The van der Waals surface area contributed by atoms with Crippen LogP contribution in [0.15, 0.2) is 18.2 Å². The number of rotatable bonds is 6. The van der Waals surface area contributed by atoms with E-state index < -0.39 is 35.4 Å². The number of ether oxygens (including phenoxy) is 4. The Bertz CT molecular complexity index is 690. The molecular weight excluding hydrogens is 350 g/mol. The van der Waals surface area contributed by atoms with Crippen molar-refractivity contribution in [3.8, 4) is 5.75 Å². The second-order valence-electron chi connectivity index (χ2n) is 5.62. The number of aliphatic hydroxyl groups excluding tert-OH is 1. The second-order valence-corrected chi connectivity index (χ2v) is 5.62. The molecule has 1 N–H and O–H groups in total. The van der Waals surface area contributed by atoms with Gasteiger partial charge in [0.15, 0.2) is 11.9 Å². The van der Waals surface area contributed by atoms with Crippen LogP contribution in [0.5, 0.6) is 5.75 Å². The zero-order chi connectivity index (χ0) is 19.3. The third-order valence-corrected chi connectivity index (χ3v) is 3.71. The number of aliphatic hydroxyl groups is 1. The molecule has 0 aromatic heterocycles. The van der Waals surface area contributed by atoms with E-state index >= 15 is 0 Å². The predicted octanol–water partition coefficient (Wildman–Crippen LogP) is 1.08. The first-order valence-electron chi connectivity index (χ1n) is 7.79. The van der Waals surface area contributed by atoms with Crippen molar-refractivity contribution >= 4 is 17.6 Å². The minimum Gasteiger partial charge on any atom is -0.467 e. The monoisotopic (exact) mass is 369 g/mol. The summed E-state index contributed by atoms with van der Waals surface area (Å²) in [6.07, 6.45) is -2.57. The largest absolute Gasteiger partial charge is 0.467 e. The lowest BCUT2D eigenvalue weighted by molar-refractivity contribution is -0.386. The van der Waals surface area contributed by atoms with Gasteiger partial charge in [0.2, 0.25) is 6.29 Å². The molecule has 0 spiro atoms. The van der Waals surface area contributed by atoms with Crippen molar-refractivity contribution in [3.05, 3.63) is 33.9 Å². The Labute approximate surface area is 148 Å². The fraction of sp³-hybridized carbons (Fsp3) is 0.500. The number of carbonyl (C=O) groups is 2. The molecule has 0 bridgehead atoms. The maximum atomic E-state index is 11.8. The smallest absolute Gasteiger partial charge is 0.335 e. The first-order chi connectivity index (χ1) is 12.3. The van der Waals surface area contributed by atoms with Gasteiger partial charge in [-0.15, -0.1) is 0 Å². The summed E-state index contributed by atoms with van der Waals surface area (Å²) in [4.78, 5) is 33.5. The molecule has 26 heavy (non-hydrogen) atoms. The van der Waals surface area contributed by atoms with Crippen LogP contribution in [0.2, 0.25) is 0 Å². The Balaban J connectivity index is 2.21. The summed E-state index contributed by atoms with van der Waals surface area (Å²) in [5, 5.41) is 20.3. The Morgan fingerprint density at radius 2 is 2.12 bits per heavy atom. The van der Waals surface area contributed by atoms with Gasteiger partial charge in [-0.3, -0.25) is 14.9 Å². The van der Waals surface area contributed by atoms with E-state index in [0.29, 0.717) is 5.56 Å². The molecular formula is C16H19NO9. The second kappa shape index (κ2) is 8.59. The highest BCUT2D eigenvalue weighted by molar-refractivity contribution is 5.74. The molecule has 0 radical (unpaired) electrons. The normalized spacial score (nSPS) is 22.3. The first-order valence-corrected chi connectivity index (χ1v) is 7.79. The maximum absolute atomic E-state index is 11.8. The number of nitro groups is 1. The van der Waals surface area contributed by atoms with Crippen molar-refractivity contribution in [2.45, 2.75) is 44.9 Å². The molecule has 1 unspecified atom stereocenters. The number of methoxy groups -OCH3 is 1. The van der Waals surface area contributed by atoms with Crippen LogP contribution in [0.25, 0.3) is 0 Å². The Hall–Kier alpha value is -2.72. The molecule has 142 valence electrons. The number of carbonyl (C=O) groups excluding carboxylic acids is 2. The molecule has 1 heterocycles. The van der Waals surface area contributed by atoms with Crippen LogP contribution in [0.1, 0.15) is 25.3 Å². The van der Waals surface area contributed by atoms with Crippen molar-refractivity contribution in [3.63, 3.8) is 0 Å². The van der Waals surface area contributed by atoms with E-state index in [4.69, 9.17) is 19.3 Å². The molecule has 10 heteroatoms. The summed E-state index contributed by atoms with van der Waals surface area (Å²) in [6.45, 7) is 0.872. The van der Waals surface area contributed by atoms with E-state index in [2.05, 4.69) is 4.74 Å². The lowest BCUT2D eigenvalue weighted by Crippen LogP contribution is -2.44. The van der Waals surface area contributed by atoms with E-state index in [1.165, 1.54) is 32.2 Å². The van der Waals surface area contributed by atoms with Gasteiger partial charge in [0, 0.05) is 25.8 Å². The van der Waals surface area contributed by atoms with E-state index in [-0.39, 0.29) is 30.9 Å². The Kier molecular flexibility index (Phi) is 6.47. The lowest BCUT2D eigenvalue weighted by Gasteiger charge is -2.33. The number of hydrogen-bond donors (Lipinski definition) is 1. The van der Waals surface area contributed by atoms with Crippen molar-refractivity contribution in [2.75, 3.05) is 7.11 Å². The fourth-order valence-corrected chi connectivity index (χ4v) is 2.58. The molecule has 1 aliphatic rings. The highest BCUT2D eigenvalue weighted by Crippen LogP contribution is 2.32. The summed E-state index contributed by atoms with van der Waals surface area (Å²) >= 11 is 0. The third-order valence-electron chi connectivity index (χ3n) is 3.71. The fourth-order valence-electron chi connectivity index (χ4n) is 2.58. The Morgan fingerprint density at radius 3 is 2.69 bits per heavy atom. The summed E-state index contributed by atoms with van der Waals surface area (Å²) in [6, 6.07) is 3.97. The molecule has 1 aliphatic heterocycles. The van der Waals surface area contributed by atoms with Gasteiger partial charge in [-0.2, -0.15) is 0 Å². The van der Waals surface area contributed by atoms with Crippen LogP contribution >= 0.6 is 0 Å². The lowest BCUT2D eigenvalue weighted by atomic mass is 10.0. The number of nitrogens with zero attached hydrogens (tertiary/aromatic N) is 1. The van der Waals surface area contributed by atoms with Crippen LogP contribution in [0.3, 0.4) is 0 Å². The number of benzene rings is 1. The SMILES string of the molecule is COC(=O)[C@@H]1CC(OC(C)=O)C[C@H](Oc2ccc(CO)cc2[N+](=O)[O-])O1. The summed E-state index contributed by atoms with van der Waals surface area (Å²) < 4.78 is 20.8. The van der Waals surface area contributed by atoms with Gasteiger partial charge in [0.05, 0.1) is 18.6 Å². The molecule has 3 atom stereocenters.